The predicted octanol–water partition coefficient (Wildman–Crippen LogP) is 1.04. The number of aromatic nitrogens is 1. The fourth-order valence-electron chi connectivity index (χ4n) is 2.96. The van der Waals surface area contributed by atoms with E-state index in [1.807, 2.05) is 0 Å². The van der Waals surface area contributed by atoms with Crippen LogP contribution < -0.4 is 4.74 Å². The first-order chi connectivity index (χ1) is 10.5. The minimum atomic E-state index is -3.18. The number of hydrogen-bond acceptors (Lipinski definition) is 5. The summed E-state index contributed by atoms with van der Waals surface area (Å²) < 4.78 is 49.9. The lowest BCUT2D eigenvalue weighted by molar-refractivity contribution is -0.107. The van der Waals surface area contributed by atoms with Crippen LogP contribution in [0.2, 0.25) is 0 Å². The second kappa shape index (κ2) is 5.75. The molecule has 1 spiro atoms. The van der Waals surface area contributed by atoms with Crippen molar-refractivity contribution in [2.24, 2.45) is 5.92 Å². The number of rotatable bonds is 5. The molecule has 3 rings (SSSR count). The van der Waals surface area contributed by atoms with Gasteiger partial charge in [-0.05, 0) is 25.5 Å². The molecule has 0 aromatic carbocycles. The molecule has 1 atom stereocenters. The van der Waals surface area contributed by atoms with E-state index in [2.05, 4.69) is 4.98 Å². The SMILES string of the molecule is CCS(=O)(=O)N1CC2(C1)OCC[C@H]2COc1ncccc1F. The first-order valence-corrected chi connectivity index (χ1v) is 8.93. The lowest BCUT2D eigenvalue weighted by Gasteiger charge is -2.48. The van der Waals surface area contributed by atoms with Crippen molar-refractivity contribution in [2.45, 2.75) is 18.9 Å². The molecule has 2 aliphatic heterocycles. The van der Waals surface area contributed by atoms with E-state index in [1.165, 1.54) is 22.6 Å². The molecule has 2 fully saturated rings. The summed E-state index contributed by atoms with van der Waals surface area (Å²) in [6.45, 7) is 3.16. The maximum Gasteiger partial charge on any atom is 0.250 e. The molecule has 0 amide bonds. The van der Waals surface area contributed by atoms with E-state index in [0.717, 1.165) is 6.42 Å². The summed E-state index contributed by atoms with van der Waals surface area (Å²) in [5.41, 5.74) is -0.493. The summed E-state index contributed by atoms with van der Waals surface area (Å²) in [5.74, 6) is -0.401. The van der Waals surface area contributed by atoms with Crippen LogP contribution in [0, 0.1) is 11.7 Å². The number of nitrogens with zero attached hydrogens (tertiary/aromatic N) is 2. The maximum atomic E-state index is 13.5. The molecule has 0 unspecified atom stereocenters. The van der Waals surface area contributed by atoms with Gasteiger partial charge in [-0.3, -0.25) is 0 Å². The van der Waals surface area contributed by atoms with Crippen molar-refractivity contribution < 1.29 is 22.3 Å². The Bertz CT molecular complexity index is 646. The first-order valence-electron chi connectivity index (χ1n) is 7.32. The normalized spacial score (nSPS) is 24.4. The summed E-state index contributed by atoms with van der Waals surface area (Å²) in [6, 6.07) is 2.80. The van der Waals surface area contributed by atoms with Crippen molar-refractivity contribution in [1.82, 2.24) is 9.29 Å². The molecule has 2 saturated heterocycles. The summed E-state index contributed by atoms with van der Waals surface area (Å²) in [6.07, 6.45) is 2.24. The number of sulfonamides is 1. The van der Waals surface area contributed by atoms with Gasteiger partial charge in [0.15, 0.2) is 5.82 Å². The molecule has 0 saturated carbocycles. The largest absolute Gasteiger partial charge is 0.475 e. The minimum absolute atomic E-state index is 0.0260. The summed E-state index contributed by atoms with van der Waals surface area (Å²) in [4.78, 5) is 3.85. The van der Waals surface area contributed by atoms with Gasteiger partial charge in [-0.1, -0.05) is 0 Å². The van der Waals surface area contributed by atoms with Crippen LogP contribution in [-0.2, 0) is 14.8 Å². The Morgan fingerprint density at radius 1 is 1.55 bits per heavy atom. The van der Waals surface area contributed by atoms with Gasteiger partial charge in [-0.15, -0.1) is 0 Å². The minimum Gasteiger partial charge on any atom is -0.475 e. The Balaban J connectivity index is 1.62. The van der Waals surface area contributed by atoms with E-state index in [4.69, 9.17) is 9.47 Å². The summed E-state index contributed by atoms with van der Waals surface area (Å²) >= 11 is 0. The van der Waals surface area contributed by atoms with E-state index in [0.29, 0.717) is 19.7 Å². The van der Waals surface area contributed by atoms with Gasteiger partial charge in [0.1, 0.15) is 5.60 Å². The van der Waals surface area contributed by atoms with Gasteiger partial charge in [-0.2, -0.15) is 4.31 Å². The quantitative estimate of drug-likeness (QED) is 0.807. The van der Waals surface area contributed by atoms with Crippen LogP contribution >= 0.6 is 0 Å². The number of ether oxygens (including phenoxy) is 2. The second-order valence-electron chi connectivity index (χ2n) is 5.67. The maximum absolute atomic E-state index is 13.5. The van der Waals surface area contributed by atoms with Crippen molar-refractivity contribution in [2.75, 3.05) is 32.1 Å². The molecule has 0 radical (unpaired) electrons. The standard InChI is InChI=1S/C14H19FN2O4S/c1-2-22(18,19)17-9-14(10-17)11(5-7-21-14)8-20-13-12(15)4-3-6-16-13/h3-4,6,11H,2,5,7-10H2,1H3/t11-/m0/s1. The van der Waals surface area contributed by atoms with E-state index < -0.39 is 21.4 Å². The van der Waals surface area contributed by atoms with Crippen LogP contribution in [0.4, 0.5) is 4.39 Å². The number of halogens is 1. The third kappa shape index (κ3) is 2.70. The average Bonchev–Trinajstić information content (AvgIpc) is 2.89. The van der Waals surface area contributed by atoms with Crippen molar-refractivity contribution in [3.05, 3.63) is 24.1 Å². The molecule has 0 N–H and O–H groups in total. The second-order valence-corrected chi connectivity index (χ2v) is 7.93. The van der Waals surface area contributed by atoms with Gasteiger partial charge in [0, 0.05) is 31.8 Å². The van der Waals surface area contributed by atoms with E-state index in [1.54, 1.807) is 6.92 Å². The third-order valence-corrected chi connectivity index (χ3v) is 6.17. The van der Waals surface area contributed by atoms with Crippen molar-refractivity contribution in [3.63, 3.8) is 0 Å². The van der Waals surface area contributed by atoms with Crippen molar-refractivity contribution in [3.8, 4) is 5.88 Å². The lowest BCUT2D eigenvalue weighted by Crippen LogP contribution is -2.66. The van der Waals surface area contributed by atoms with Crippen LogP contribution in [0.1, 0.15) is 13.3 Å². The molecule has 0 bridgehead atoms. The molecule has 122 valence electrons. The third-order valence-electron chi connectivity index (χ3n) is 4.39. The van der Waals surface area contributed by atoms with E-state index in [9.17, 15) is 12.8 Å². The zero-order chi connectivity index (χ0) is 15.8. The van der Waals surface area contributed by atoms with Crippen LogP contribution in [-0.4, -0.2) is 55.4 Å². The van der Waals surface area contributed by atoms with Gasteiger partial charge >= 0.3 is 0 Å². The zero-order valence-corrected chi connectivity index (χ0v) is 13.2. The van der Waals surface area contributed by atoms with Crippen LogP contribution in [0.25, 0.3) is 0 Å². The van der Waals surface area contributed by atoms with Gasteiger partial charge in [0.2, 0.25) is 15.9 Å². The lowest BCUT2D eigenvalue weighted by atomic mass is 9.83. The van der Waals surface area contributed by atoms with Gasteiger partial charge in [0.25, 0.3) is 0 Å². The van der Waals surface area contributed by atoms with Crippen LogP contribution in [0.5, 0.6) is 5.88 Å². The van der Waals surface area contributed by atoms with Crippen molar-refractivity contribution in [1.29, 1.82) is 0 Å². The Labute approximate surface area is 129 Å². The molecule has 6 nitrogen and oxygen atoms in total. The van der Waals surface area contributed by atoms with Crippen LogP contribution in [0.3, 0.4) is 0 Å². The fraction of sp³-hybridized carbons (Fsp3) is 0.643. The summed E-state index contributed by atoms with van der Waals surface area (Å²) in [7, 11) is -3.18. The highest BCUT2D eigenvalue weighted by atomic mass is 32.2. The van der Waals surface area contributed by atoms with E-state index >= 15 is 0 Å². The Hall–Kier alpha value is -1.25. The molecular formula is C14H19FN2O4S. The molecule has 22 heavy (non-hydrogen) atoms. The van der Waals surface area contributed by atoms with E-state index in [-0.39, 0.29) is 24.2 Å². The van der Waals surface area contributed by atoms with Crippen LogP contribution in [0.15, 0.2) is 18.3 Å². The fourth-order valence-corrected chi connectivity index (χ4v) is 4.15. The first kappa shape index (κ1) is 15.6. The average molecular weight is 330 g/mol. The number of pyridine rings is 1. The highest BCUT2D eigenvalue weighted by Crippen LogP contribution is 2.41. The monoisotopic (exact) mass is 330 g/mol. The highest BCUT2D eigenvalue weighted by Gasteiger charge is 2.56. The van der Waals surface area contributed by atoms with Gasteiger partial charge in [0.05, 0.1) is 12.4 Å². The van der Waals surface area contributed by atoms with Gasteiger partial charge < -0.3 is 9.47 Å². The molecule has 1 aromatic rings. The Kier molecular flexibility index (Phi) is 4.09. The van der Waals surface area contributed by atoms with Crippen molar-refractivity contribution >= 4 is 10.0 Å². The topological polar surface area (TPSA) is 68.7 Å². The molecule has 2 aliphatic rings. The summed E-state index contributed by atoms with van der Waals surface area (Å²) in [5, 5.41) is 0. The molecule has 8 heteroatoms. The highest BCUT2D eigenvalue weighted by molar-refractivity contribution is 7.89. The zero-order valence-electron chi connectivity index (χ0n) is 12.4. The smallest absolute Gasteiger partial charge is 0.250 e. The van der Waals surface area contributed by atoms with Gasteiger partial charge in [-0.25, -0.2) is 17.8 Å². The molecule has 0 aliphatic carbocycles. The predicted molar refractivity (Wildman–Crippen MR) is 77.5 cm³/mol. The Morgan fingerprint density at radius 3 is 3.00 bits per heavy atom. The molecule has 1 aromatic heterocycles. The Morgan fingerprint density at radius 2 is 2.32 bits per heavy atom. The molecule has 3 heterocycles. The molecular weight excluding hydrogens is 311 g/mol. The number of hydrogen-bond donors (Lipinski definition) is 0.